The van der Waals surface area contributed by atoms with Crippen LogP contribution in [0.4, 0.5) is 0 Å². The van der Waals surface area contributed by atoms with Crippen LogP contribution < -0.4 is 14.2 Å². The van der Waals surface area contributed by atoms with E-state index < -0.39 is 0 Å². The summed E-state index contributed by atoms with van der Waals surface area (Å²) >= 11 is 1.58. The molecular formula is C40H37NO4S. The average Bonchev–Trinajstić information content (AvgIpc) is 3.50. The zero-order chi connectivity index (χ0) is 31.7. The molecule has 0 saturated heterocycles. The third-order valence-electron chi connectivity index (χ3n) is 7.84. The third kappa shape index (κ3) is 7.24. The second-order valence-corrected chi connectivity index (χ2v) is 12.0. The number of carbonyl (C=O) groups is 1. The number of nitrogens with zero attached hydrogens (tertiary/aromatic N) is 1. The Bertz CT molecular complexity index is 1870. The van der Waals surface area contributed by atoms with E-state index in [1.165, 1.54) is 0 Å². The van der Waals surface area contributed by atoms with Crippen molar-refractivity contribution in [2.75, 3.05) is 13.1 Å². The van der Waals surface area contributed by atoms with E-state index in [-0.39, 0.29) is 5.91 Å². The van der Waals surface area contributed by atoms with Gasteiger partial charge in [-0.25, -0.2) is 0 Å². The Hall–Kier alpha value is -5.07. The number of ether oxygens (including phenoxy) is 3. The quantitative estimate of drug-likeness (QED) is 0.128. The number of fused-ring (bicyclic) bond motifs is 1. The SMILES string of the molecule is CCN(CC)C(=O)c1c(-c2ccc(OCc3ccccc3)cc2)sc2cc(OCc3ccccc3)cc(OCc3ccccc3)c12. The predicted octanol–water partition coefficient (Wildman–Crippen LogP) is 9.79. The Kier molecular flexibility index (Phi) is 9.96. The number of thiophene rings is 1. The molecule has 5 aromatic carbocycles. The van der Waals surface area contributed by atoms with Gasteiger partial charge < -0.3 is 19.1 Å². The molecule has 0 aliphatic heterocycles. The van der Waals surface area contributed by atoms with E-state index in [1.807, 2.05) is 146 Å². The first-order valence-corrected chi connectivity index (χ1v) is 16.4. The molecule has 0 saturated carbocycles. The van der Waals surface area contributed by atoms with Crippen molar-refractivity contribution in [2.45, 2.75) is 33.7 Å². The van der Waals surface area contributed by atoms with Crippen molar-refractivity contribution < 1.29 is 19.0 Å². The van der Waals surface area contributed by atoms with Crippen molar-refractivity contribution in [3.8, 4) is 27.7 Å². The van der Waals surface area contributed by atoms with Crippen LogP contribution in [0.3, 0.4) is 0 Å². The van der Waals surface area contributed by atoms with Gasteiger partial charge in [0.05, 0.1) is 5.56 Å². The van der Waals surface area contributed by atoms with Crippen LogP contribution in [0.15, 0.2) is 127 Å². The maximum atomic E-state index is 14.2. The van der Waals surface area contributed by atoms with Gasteiger partial charge in [0.15, 0.2) is 0 Å². The van der Waals surface area contributed by atoms with Crippen molar-refractivity contribution in [1.29, 1.82) is 0 Å². The summed E-state index contributed by atoms with van der Waals surface area (Å²) in [7, 11) is 0. The Labute approximate surface area is 274 Å². The minimum Gasteiger partial charge on any atom is -0.489 e. The molecule has 232 valence electrons. The highest BCUT2D eigenvalue weighted by Gasteiger charge is 2.27. The van der Waals surface area contributed by atoms with E-state index in [9.17, 15) is 4.79 Å². The molecule has 46 heavy (non-hydrogen) atoms. The number of rotatable bonds is 13. The second-order valence-electron chi connectivity index (χ2n) is 10.9. The van der Waals surface area contributed by atoms with Crippen molar-refractivity contribution in [3.63, 3.8) is 0 Å². The fourth-order valence-corrected chi connectivity index (χ4v) is 6.61. The van der Waals surface area contributed by atoms with Crippen LogP contribution in [0.1, 0.15) is 40.9 Å². The highest BCUT2D eigenvalue weighted by molar-refractivity contribution is 7.22. The predicted molar refractivity (Wildman–Crippen MR) is 187 cm³/mol. The zero-order valence-corrected chi connectivity index (χ0v) is 27.0. The molecule has 0 spiro atoms. The van der Waals surface area contributed by atoms with Crippen LogP contribution in [-0.2, 0) is 19.8 Å². The van der Waals surface area contributed by atoms with Gasteiger partial charge in [-0.1, -0.05) is 91.0 Å². The third-order valence-corrected chi connectivity index (χ3v) is 9.03. The first kappa shape index (κ1) is 30.9. The van der Waals surface area contributed by atoms with E-state index in [2.05, 4.69) is 0 Å². The van der Waals surface area contributed by atoms with E-state index in [0.29, 0.717) is 50.0 Å². The van der Waals surface area contributed by atoms with Crippen LogP contribution >= 0.6 is 11.3 Å². The van der Waals surface area contributed by atoms with Gasteiger partial charge in [-0.3, -0.25) is 4.79 Å². The van der Waals surface area contributed by atoms with Crippen LogP contribution in [-0.4, -0.2) is 23.9 Å². The lowest BCUT2D eigenvalue weighted by Crippen LogP contribution is -2.30. The molecule has 6 heteroatoms. The summed E-state index contributed by atoms with van der Waals surface area (Å²) in [5.41, 5.74) is 4.83. The lowest BCUT2D eigenvalue weighted by Gasteiger charge is -2.20. The Balaban J connectivity index is 1.41. The minimum absolute atomic E-state index is 0.0156. The first-order chi connectivity index (χ1) is 22.6. The first-order valence-electron chi connectivity index (χ1n) is 15.6. The normalized spacial score (nSPS) is 10.9. The van der Waals surface area contributed by atoms with Gasteiger partial charge in [0, 0.05) is 34.1 Å². The van der Waals surface area contributed by atoms with Crippen LogP contribution in [0, 0.1) is 0 Å². The maximum Gasteiger partial charge on any atom is 0.256 e. The van der Waals surface area contributed by atoms with E-state index in [0.717, 1.165) is 43.0 Å². The average molecular weight is 628 g/mol. The highest BCUT2D eigenvalue weighted by atomic mass is 32.1. The van der Waals surface area contributed by atoms with Crippen LogP contribution in [0.5, 0.6) is 17.2 Å². The fraction of sp³-hybridized carbons (Fsp3) is 0.175. The molecule has 0 bridgehead atoms. The van der Waals surface area contributed by atoms with Gasteiger partial charge in [-0.15, -0.1) is 11.3 Å². The molecule has 0 fully saturated rings. The monoisotopic (exact) mass is 627 g/mol. The molecule has 1 heterocycles. The summed E-state index contributed by atoms with van der Waals surface area (Å²) in [5, 5.41) is 0.810. The molecule has 0 aliphatic rings. The largest absolute Gasteiger partial charge is 0.489 e. The lowest BCUT2D eigenvalue weighted by atomic mass is 10.0. The van der Waals surface area contributed by atoms with Gasteiger partial charge in [0.25, 0.3) is 5.91 Å². The summed E-state index contributed by atoms with van der Waals surface area (Å²) in [6, 6.07) is 42.2. The van der Waals surface area contributed by atoms with Gasteiger partial charge >= 0.3 is 0 Å². The van der Waals surface area contributed by atoms with Gasteiger partial charge in [-0.2, -0.15) is 0 Å². The maximum absolute atomic E-state index is 14.2. The molecule has 0 aliphatic carbocycles. The van der Waals surface area contributed by atoms with Crippen molar-refractivity contribution in [1.82, 2.24) is 4.90 Å². The number of carbonyl (C=O) groups excluding carboxylic acids is 1. The molecule has 5 nitrogen and oxygen atoms in total. The van der Waals surface area contributed by atoms with E-state index in [1.54, 1.807) is 11.3 Å². The standard InChI is InChI=1S/C40H37NO4S/c1-3-41(4-2)40(42)38-37-35(45-28-31-18-12-7-13-19-31)24-34(44-27-30-16-10-6-11-17-30)25-36(37)46-39(38)32-20-22-33(23-21-32)43-26-29-14-8-5-9-15-29/h5-25H,3-4,26-28H2,1-2H3. The second kappa shape index (κ2) is 14.8. The smallest absolute Gasteiger partial charge is 0.256 e. The molecule has 0 unspecified atom stereocenters. The van der Waals surface area contributed by atoms with Crippen LogP contribution in [0.25, 0.3) is 20.5 Å². The number of hydrogen-bond donors (Lipinski definition) is 0. The molecular weight excluding hydrogens is 591 g/mol. The summed E-state index contributed by atoms with van der Waals surface area (Å²) in [6.45, 7) is 6.53. The highest BCUT2D eigenvalue weighted by Crippen LogP contribution is 2.46. The Morgan fingerprint density at radius 1 is 0.609 bits per heavy atom. The summed E-state index contributed by atoms with van der Waals surface area (Å²) in [4.78, 5) is 17.0. The number of hydrogen-bond acceptors (Lipinski definition) is 5. The number of benzene rings is 5. The summed E-state index contributed by atoms with van der Waals surface area (Å²) in [6.07, 6.45) is 0. The number of amides is 1. The molecule has 6 aromatic rings. The summed E-state index contributed by atoms with van der Waals surface area (Å²) in [5.74, 6) is 2.08. The molecule has 6 rings (SSSR count). The Morgan fingerprint density at radius 2 is 1.11 bits per heavy atom. The van der Waals surface area contributed by atoms with Crippen molar-refractivity contribution in [2.24, 2.45) is 0 Å². The van der Waals surface area contributed by atoms with E-state index >= 15 is 0 Å². The molecule has 1 aromatic heterocycles. The summed E-state index contributed by atoms with van der Waals surface area (Å²) < 4.78 is 19.8. The van der Waals surface area contributed by atoms with Gasteiger partial charge in [0.2, 0.25) is 0 Å². The zero-order valence-electron chi connectivity index (χ0n) is 26.1. The van der Waals surface area contributed by atoms with Gasteiger partial charge in [0.1, 0.15) is 37.1 Å². The Morgan fingerprint density at radius 3 is 1.63 bits per heavy atom. The lowest BCUT2D eigenvalue weighted by molar-refractivity contribution is 0.0775. The molecule has 0 radical (unpaired) electrons. The van der Waals surface area contributed by atoms with Gasteiger partial charge in [-0.05, 0) is 66.4 Å². The fourth-order valence-electron chi connectivity index (χ4n) is 5.36. The van der Waals surface area contributed by atoms with Crippen molar-refractivity contribution in [3.05, 3.63) is 150 Å². The molecule has 0 N–H and O–H groups in total. The molecule has 1 amide bonds. The van der Waals surface area contributed by atoms with E-state index in [4.69, 9.17) is 14.2 Å². The minimum atomic E-state index is -0.0156. The molecule has 0 atom stereocenters. The van der Waals surface area contributed by atoms with Crippen LogP contribution in [0.2, 0.25) is 0 Å². The van der Waals surface area contributed by atoms with Crippen molar-refractivity contribution >= 4 is 27.3 Å². The topological polar surface area (TPSA) is 48.0 Å².